The first kappa shape index (κ1) is 15.6. The summed E-state index contributed by atoms with van der Waals surface area (Å²) in [6.07, 6.45) is 3.67. The van der Waals surface area contributed by atoms with E-state index in [9.17, 15) is 10.1 Å². The van der Waals surface area contributed by atoms with E-state index in [1.807, 2.05) is 0 Å². The maximum Gasteiger partial charge on any atom is 0.338 e. The standard InChI is InChI=1S/C16H17N3O3/c1-3-11(2)10-22-15-5-4-14(6-12(15)7-17)19-9-13(8-18-19)16(20)21/h4-6,8-9,11H,3,10H2,1-2H3,(H,20,21). The van der Waals surface area contributed by atoms with Gasteiger partial charge in [0.1, 0.15) is 11.8 Å². The molecule has 0 amide bonds. The molecule has 1 heterocycles. The van der Waals surface area contributed by atoms with Crippen molar-refractivity contribution in [1.29, 1.82) is 5.26 Å². The maximum absolute atomic E-state index is 10.9. The summed E-state index contributed by atoms with van der Waals surface area (Å²) in [5.41, 5.74) is 1.10. The molecule has 1 unspecified atom stereocenters. The number of nitriles is 1. The predicted octanol–water partition coefficient (Wildman–Crippen LogP) is 2.87. The number of nitrogens with zero attached hydrogens (tertiary/aromatic N) is 3. The van der Waals surface area contributed by atoms with E-state index < -0.39 is 5.97 Å². The zero-order chi connectivity index (χ0) is 16.1. The van der Waals surface area contributed by atoms with Gasteiger partial charge in [-0.2, -0.15) is 10.4 Å². The van der Waals surface area contributed by atoms with Crippen LogP contribution in [0.5, 0.6) is 5.75 Å². The van der Waals surface area contributed by atoms with E-state index in [1.165, 1.54) is 17.1 Å². The van der Waals surface area contributed by atoms with Crippen LogP contribution in [0.2, 0.25) is 0 Å². The van der Waals surface area contributed by atoms with Crippen molar-refractivity contribution in [2.75, 3.05) is 6.61 Å². The SMILES string of the molecule is CCC(C)COc1ccc(-n2cc(C(=O)O)cn2)cc1C#N. The Morgan fingerprint density at radius 1 is 1.55 bits per heavy atom. The molecule has 1 atom stereocenters. The zero-order valence-corrected chi connectivity index (χ0v) is 12.5. The van der Waals surface area contributed by atoms with E-state index in [2.05, 4.69) is 25.0 Å². The van der Waals surface area contributed by atoms with Gasteiger partial charge in [0.15, 0.2) is 0 Å². The molecule has 6 heteroatoms. The Hall–Kier alpha value is -2.81. The molecular formula is C16H17N3O3. The minimum atomic E-state index is -1.04. The Morgan fingerprint density at radius 3 is 2.91 bits per heavy atom. The average Bonchev–Trinajstić information content (AvgIpc) is 3.02. The van der Waals surface area contributed by atoms with Crippen LogP contribution in [0.3, 0.4) is 0 Å². The van der Waals surface area contributed by atoms with Crippen LogP contribution in [0.1, 0.15) is 36.2 Å². The normalized spacial score (nSPS) is 11.7. The first-order chi connectivity index (χ1) is 10.5. The minimum Gasteiger partial charge on any atom is -0.492 e. The molecule has 22 heavy (non-hydrogen) atoms. The third-order valence-electron chi connectivity index (χ3n) is 3.40. The van der Waals surface area contributed by atoms with Crippen LogP contribution in [-0.4, -0.2) is 27.5 Å². The number of rotatable bonds is 6. The van der Waals surface area contributed by atoms with Gasteiger partial charge in [0.25, 0.3) is 0 Å². The van der Waals surface area contributed by atoms with Gasteiger partial charge < -0.3 is 9.84 Å². The zero-order valence-electron chi connectivity index (χ0n) is 12.5. The lowest BCUT2D eigenvalue weighted by Gasteiger charge is -2.12. The smallest absolute Gasteiger partial charge is 0.338 e. The van der Waals surface area contributed by atoms with Crippen molar-refractivity contribution in [2.45, 2.75) is 20.3 Å². The maximum atomic E-state index is 10.9. The number of benzene rings is 1. The van der Waals surface area contributed by atoms with E-state index in [1.54, 1.807) is 18.2 Å². The second-order valence-electron chi connectivity index (χ2n) is 5.10. The van der Waals surface area contributed by atoms with Crippen molar-refractivity contribution in [1.82, 2.24) is 9.78 Å². The Kier molecular flexibility index (Phi) is 4.79. The molecule has 0 saturated carbocycles. The lowest BCUT2D eigenvalue weighted by molar-refractivity contribution is 0.0697. The number of hydrogen-bond acceptors (Lipinski definition) is 4. The van der Waals surface area contributed by atoms with Crippen LogP contribution in [0.25, 0.3) is 5.69 Å². The van der Waals surface area contributed by atoms with Crippen LogP contribution in [0.4, 0.5) is 0 Å². The van der Waals surface area contributed by atoms with Gasteiger partial charge in [-0.05, 0) is 24.1 Å². The molecule has 0 bridgehead atoms. The highest BCUT2D eigenvalue weighted by molar-refractivity contribution is 5.87. The average molecular weight is 299 g/mol. The summed E-state index contributed by atoms with van der Waals surface area (Å²) in [4.78, 5) is 10.9. The van der Waals surface area contributed by atoms with E-state index >= 15 is 0 Å². The highest BCUT2D eigenvalue weighted by Gasteiger charge is 2.11. The summed E-state index contributed by atoms with van der Waals surface area (Å²) < 4.78 is 7.09. The first-order valence-corrected chi connectivity index (χ1v) is 7.00. The summed E-state index contributed by atoms with van der Waals surface area (Å²) in [6, 6.07) is 7.17. The molecular weight excluding hydrogens is 282 g/mol. The second kappa shape index (κ2) is 6.76. The Balaban J connectivity index is 2.24. The predicted molar refractivity (Wildman–Crippen MR) is 80.2 cm³/mol. The molecule has 114 valence electrons. The summed E-state index contributed by atoms with van der Waals surface area (Å²) >= 11 is 0. The molecule has 0 aliphatic carbocycles. The lowest BCUT2D eigenvalue weighted by atomic mass is 10.1. The van der Waals surface area contributed by atoms with Crippen molar-refractivity contribution < 1.29 is 14.6 Å². The van der Waals surface area contributed by atoms with E-state index in [4.69, 9.17) is 9.84 Å². The van der Waals surface area contributed by atoms with E-state index in [-0.39, 0.29) is 5.56 Å². The van der Waals surface area contributed by atoms with Crippen molar-refractivity contribution in [3.63, 3.8) is 0 Å². The summed E-state index contributed by atoms with van der Waals surface area (Å²) in [5.74, 6) is -0.104. The van der Waals surface area contributed by atoms with Gasteiger partial charge in [-0.3, -0.25) is 0 Å². The summed E-state index contributed by atoms with van der Waals surface area (Å²) in [5, 5.41) is 22.1. The minimum absolute atomic E-state index is 0.0932. The fraction of sp³-hybridized carbons (Fsp3) is 0.312. The van der Waals surface area contributed by atoms with Gasteiger partial charge in [-0.1, -0.05) is 20.3 Å². The Labute approximate surface area is 128 Å². The van der Waals surface area contributed by atoms with Crippen LogP contribution >= 0.6 is 0 Å². The van der Waals surface area contributed by atoms with Gasteiger partial charge in [0.2, 0.25) is 0 Å². The summed E-state index contributed by atoms with van der Waals surface area (Å²) in [6.45, 7) is 4.72. The number of carboxylic acid groups (broad SMARTS) is 1. The number of hydrogen-bond donors (Lipinski definition) is 1. The van der Waals surface area contributed by atoms with Crippen LogP contribution in [-0.2, 0) is 0 Å². The van der Waals surface area contributed by atoms with Gasteiger partial charge >= 0.3 is 5.97 Å². The number of carboxylic acids is 1. The van der Waals surface area contributed by atoms with Crippen LogP contribution in [0, 0.1) is 17.2 Å². The lowest BCUT2D eigenvalue weighted by Crippen LogP contribution is -2.08. The molecule has 2 aromatic rings. The first-order valence-electron chi connectivity index (χ1n) is 7.00. The molecule has 0 radical (unpaired) electrons. The fourth-order valence-corrected chi connectivity index (χ4v) is 1.80. The largest absolute Gasteiger partial charge is 0.492 e. The highest BCUT2D eigenvalue weighted by atomic mass is 16.5. The summed E-state index contributed by atoms with van der Waals surface area (Å²) in [7, 11) is 0. The van der Waals surface area contributed by atoms with Crippen molar-refractivity contribution in [2.24, 2.45) is 5.92 Å². The molecule has 0 aliphatic heterocycles. The fourth-order valence-electron chi connectivity index (χ4n) is 1.80. The second-order valence-corrected chi connectivity index (χ2v) is 5.10. The number of ether oxygens (including phenoxy) is 1. The van der Waals surface area contributed by atoms with E-state index in [0.717, 1.165) is 6.42 Å². The van der Waals surface area contributed by atoms with E-state index in [0.29, 0.717) is 29.5 Å². The molecule has 2 rings (SSSR count). The molecule has 0 aliphatic rings. The number of aromatic carboxylic acids is 1. The highest BCUT2D eigenvalue weighted by Crippen LogP contribution is 2.22. The van der Waals surface area contributed by atoms with Crippen LogP contribution < -0.4 is 4.74 Å². The van der Waals surface area contributed by atoms with Gasteiger partial charge in [-0.25, -0.2) is 9.48 Å². The third-order valence-corrected chi connectivity index (χ3v) is 3.40. The quantitative estimate of drug-likeness (QED) is 0.886. The molecule has 0 fully saturated rings. The number of carbonyl (C=O) groups is 1. The van der Waals surface area contributed by atoms with Crippen molar-refractivity contribution in [3.05, 3.63) is 41.7 Å². The van der Waals surface area contributed by atoms with Gasteiger partial charge in [0, 0.05) is 6.20 Å². The molecule has 0 saturated heterocycles. The van der Waals surface area contributed by atoms with Gasteiger partial charge in [0.05, 0.1) is 29.6 Å². The van der Waals surface area contributed by atoms with Crippen molar-refractivity contribution in [3.8, 4) is 17.5 Å². The Bertz CT molecular complexity index is 716. The van der Waals surface area contributed by atoms with Gasteiger partial charge in [-0.15, -0.1) is 0 Å². The number of aromatic nitrogens is 2. The molecule has 1 aromatic carbocycles. The topological polar surface area (TPSA) is 88.1 Å². The Morgan fingerprint density at radius 2 is 2.32 bits per heavy atom. The van der Waals surface area contributed by atoms with Crippen molar-refractivity contribution >= 4 is 5.97 Å². The molecule has 6 nitrogen and oxygen atoms in total. The third kappa shape index (κ3) is 3.44. The monoisotopic (exact) mass is 299 g/mol. The molecule has 0 spiro atoms. The van der Waals surface area contributed by atoms with Crippen LogP contribution in [0.15, 0.2) is 30.6 Å². The molecule has 1 aromatic heterocycles. The molecule has 1 N–H and O–H groups in total.